The van der Waals surface area contributed by atoms with Gasteiger partial charge in [0.2, 0.25) is 0 Å². The Morgan fingerprint density at radius 1 is 0.973 bits per heavy atom. The summed E-state index contributed by atoms with van der Waals surface area (Å²) >= 11 is 0. The van der Waals surface area contributed by atoms with Gasteiger partial charge in [0.25, 0.3) is 0 Å². The van der Waals surface area contributed by atoms with E-state index in [2.05, 4.69) is 21.5 Å². The van der Waals surface area contributed by atoms with Crippen LogP contribution in [0.3, 0.4) is 0 Å². The molecule has 0 saturated carbocycles. The maximum Gasteiger partial charge on any atom is 0.331 e. The molecule has 0 unspecified atom stereocenters. The highest BCUT2D eigenvalue weighted by molar-refractivity contribution is 6.20. The Hall–Kier alpha value is -4.17. The van der Waals surface area contributed by atoms with Gasteiger partial charge in [0.05, 0.1) is 24.1 Å². The number of ketones is 1. The highest BCUT2D eigenvalue weighted by Gasteiger charge is 2.26. The first kappa shape index (κ1) is 23.2. The molecule has 4 aromatic rings. The lowest BCUT2D eigenvalue weighted by atomic mass is 10.00. The zero-order valence-electron chi connectivity index (χ0n) is 20.8. The quantitative estimate of drug-likeness (QED) is 0.229. The maximum atomic E-state index is 13.5. The fourth-order valence-electron chi connectivity index (χ4n) is 5.24. The van der Waals surface area contributed by atoms with Crippen LogP contribution in [0.1, 0.15) is 35.3 Å². The third-order valence-electron chi connectivity index (χ3n) is 7.02. The molecule has 1 aromatic heterocycles. The van der Waals surface area contributed by atoms with Crippen LogP contribution in [0.5, 0.6) is 5.75 Å². The van der Waals surface area contributed by atoms with Crippen molar-refractivity contribution in [1.82, 2.24) is 4.57 Å². The van der Waals surface area contributed by atoms with E-state index in [0.29, 0.717) is 22.6 Å². The zero-order valence-corrected chi connectivity index (χ0v) is 20.8. The summed E-state index contributed by atoms with van der Waals surface area (Å²) in [6.07, 6.45) is 0. The molecule has 37 heavy (non-hydrogen) atoms. The number of aryl methyl sites for hydroxylation is 1. The molecule has 6 rings (SSSR count). The van der Waals surface area contributed by atoms with Gasteiger partial charge in [0, 0.05) is 59.8 Å². The SMILES string of the molecule is CCn1c2ccc(C(=O)c3ccc(N4CCOCC4)cc3)cc2c2c3c(ccc21)/C(=N/OC(C)=O)CO3. The molecule has 0 radical (unpaired) electrons. The van der Waals surface area contributed by atoms with Gasteiger partial charge in [-0.05, 0) is 61.5 Å². The molecule has 188 valence electrons. The van der Waals surface area contributed by atoms with E-state index < -0.39 is 5.97 Å². The minimum absolute atomic E-state index is 0.0292. The first-order valence-electron chi connectivity index (χ1n) is 12.5. The van der Waals surface area contributed by atoms with Crippen molar-refractivity contribution in [2.45, 2.75) is 20.4 Å². The number of carbonyl (C=O) groups is 2. The van der Waals surface area contributed by atoms with Gasteiger partial charge in [-0.2, -0.15) is 0 Å². The Morgan fingerprint density at radius 2 is 1.70 bits per heavy atom. The summed E-state index contributed by atoms with van der Waals surface area (Å²) in [6, 6.07) is 17.6. The van der Waals surface area contributed by atoms with Crippen LogP contribution in [-0.4, -0.2) is 54.9 Å². The Kier molecular flexibility index (Phi) is 5.88. The molecule has 8 heteroatoms. The normalized spacial score (nSPS) is 16.3. The molecule has 0 N–H and O–H groups in total. The van der Waals surface area contributed by atoms with E-state index >= 15 is 0 Å². The second-order valence-corrected chi connectivity index (χ2v) is 9.20. The van der Waals surface area contributed by atoms with E-state index in [1.54, 1.807) is 0 Å². The Morgan fingerprint density at radius 3 is 2.43 bits per heavy atom. The molecule has 2 aliphatic heterocycles. The van der Waals surface area contributed by atoms with Crippen molar-refractivity contribution in [3.8, 4) is 5.75 Å². The predicted molar refractivity (Wildman–Crippen MR) is 142 cm³/mol. The number of rotatable bonds is 5. The monoisotopic (exact) mass is 497 g/mol. The molecule has 0 amide bonds. The summed E-state index contributed by atoms with van der Waals surface area (Å²) in [5, 5.41) is 5.85. The first-order chi connectivity index (χ1) is 18.0. The van der Waals surface area contributed by atoms with Gasteiger partial charge in [0.15, 0.2) is 5.78 Å². The van der Waals surface area contributed by atoms with Crippen LogP contribution in [0.15, 0.2) is 59.8 Å². The van der Waals surface area contributed by atoms with Gasteiger partial charge >= 0.3 is 5.97 Å². The number of benzene rings is 3. The van der Waals surface area contributed by atoms with Crippen LogP contribution in [-0.2, 0) is 20.9 Å². The highest BCUT2D eigenvalue weighted by atomic mass is 16.7. The molecule has 8 nitrogen and oxygen atoms in total. The van der Waals surface area contributed by atoms with Crippen LogP contribution in [0.25, 0.3) is 21.8 Å². The Labute approximate surface area is 214 Å². The van der Waals surface area contributed by atoms with E-state index in [9.17, 15) is 9.59 Å². The standard InChI is InChI=1S/C29H27N3O5/c1-3-32-25-10-6-20(28(34)19-4-7-21(8-5-19)31-12-14-35-15-13-31)16-23(25)27-26(32)11-9-22-24(17-36-29(22)27)30-37-18(2)33/h4-11,16H,3,12-15,17H2,1-2H3/b30-24+. The van der Waals surface area contributed by atoms with Crippen molar-refractivity contribution in [2.75, 3.05) is 37.8 Å². The smallest absolute Gasteiger partial charge is 0.331 e. The van der Waals surface area contributed by atoms with E-state index in [1.165, 1.54) is 6.92 Å². The van der Waals surface area contributed by atoms with Crippen molar-refractivity contribution in [1.29, 1.82) is 0 Å². The van der Waals surface area contributed by atoms with Gasteiger partial charge in [-0.3, -0.25) is 4.79 Å². The number of carbonyl (C=O) groups excluding carboxylic acids is 2. The number of nitrogens with zero attached hydrogens (tertiary/aromatic N) is 3. The fraction of sp³-hybridized carbons (Fsp3) is 0.276. The number of hydrogen-bond acceptors (Lipinski definition) is 7. The molecule has 3 heterocycles. The third kappa shape index (κ3) is 4.03. The number of aromatic nitrogens is 1. The Bertz CT molecular complexity index is 1560. The summed E-state index contributed by atoms with van der Waals surface area (Å²) in [6.45, 7) is 7.53. The maximum absolute atomic E-state index is 13.5. The van der Waals surface area contributed by atoms with Gasteiger partial charge in [0.1, 0.15) is 18.1 Å². The number of anilines is 1. The van der Waals surface area contributed by atoms with Crippen LogP contribution in [0, 0.1) is 0 Å². The molecule has 0 atom stereocenters. The minimum atomic E-state index is -0.481. The Balaban J connectivity index is 1.40. The van der Waals surface area contributed by atoms with Crippen LogP contribution in [0.2, 0.25) is 0 Å². The zero-order chi connectivity index (χ0) is 25.5. The van der Waals surface area contributed by atoms with E-state index in [4.69, 9.17) is 14.3 Å². The molecule has 2 aliphatic rings. The van der Waals surface area contributed by atoms with Gasteiger partial charge in [-0.25, -0.2) is 4.79 Å². The summed E-state index contributed by atoms with van der Waals surface area (Å²) in [4.78, 5) is 31.9. The lowest BCUT2D eigenvalue weighted by molar-refractivity contribution is -0.140. The second-order valence-electron chi connectivity index (χ2n) is 9.20. The molecule has 3 aromatic carbocycles. The van der Waals surface area contributed by atoms with Crippen molar-refractivity contribution in [3.05, 3.63) is 71.3 Å². The van der Waals surface area contributed by atoms with Crippen molar-refractivity contribution in [2.24, 2.45) is 5.16 Å². The number of hydrogen-bond donors (Lipinski definition) is 0. The first-order valence-corrected chi connectivity index (χ1v) is 12.5. The van der Waals surface area contributed by atoms with Gasteiger partial charge in [-0.15, -0.1) is 0 Å². The topological polar surface area (TPSA) is 82.4 Å². The average Bonchev–Trinajstić information content (AvgIpc) is 3.49. The average molecular weight is 498 g/mol. The second kappa shape index (κ2) is 9.37. The summed E-state index contributed by atoms with van der Waals surface area (Å²) in [5.74, 6) is 0.184. The summed E-state index contributed by atoms with van der Waals surface area (Å²) in [7, 11) is 0. The lowest BCUT2D eigenvalue weighted by Crippen LogP contribution is -2.36. The molecule has 1 saturated heterocycles. The molecular formula is C29H27N3O5. The van der Waals surface area contributed by atoms with Crippen LogP contribution in [0.4, 0.5) is 5.69 Å². The molecule has 0 spiro atoms. The third-order valence-corrected chi connectivity index (χ3v) is 7.02. The summed E-state index contributed by atoms with van der Waals surface area (Å²) < 4.78 is 13.7. The minimum Gasteiger partial charge on any atom is -0.486 e. The highest BCUT2D eigenvalue weighted by Crippen LogP contribution is 2.41. The van der Waals surface area contributed by atoms with Crippen molar-refractivity contribution in [3.63, 3.8) is 0 Å². The van der Waals surface area contributed by atoms with E-state index in [0.717, 1.165) is 65.9 Å². The van der Waals surface area contributed by atoms with Crippen molar-refractivity contribution < 1.29 is 23.9 Å². The molecule has 1 fully saturated rings. The van der Waals surface area contributed by atoms with E-state index in [-0.39, 0.29) is 12.4 Å². The van der Waals surface area contributed by atoms with Crippen LogP contribution < -0.4 is 9.64 Å². The molecule has 0 aliphatic carbocycles. The fourth-order valence-corrected chi connectivity index (χ4v) is 5.24. The van der Waals surface area contributed by atoms with E-state index in [1.807, 2.05) is 54.6 Å². The summed E-state index contributed by atoms with van der Waals surface area (Å²) in [5.41, 5.74) is 5.76. The number of oxime groups is 1. The van der Waals surface area contributed by atoms with Gasteiger partial charge in [-0.1, -0.05) is 5.16 Å². The number of morpholine rings is 1. The van der Waals surface area contributed by atoms with Gasteiger partial charge < -0.3 is 23.8 Å². The van der Waals surface area contributed by atoms with Crippen LogP contribution >= 0.6 is 0 Å². The van der Waals surface area contributed by atoms with Crippen molar-refractivity contribution >= 4 is 45.0 Å². The molecular weight excluding hydrogens is 470 g/mol. The predicted octanol–water partition coefficient (Wildman–Crippen LogP) is 4.54. The number of ether oxygens (including phenoxy) is 2. The number of fused-ring (bicyclic) bond motifs is 5. The molecule has 0 bridgehead atoms. The largest absolute Gasteiger partial charge is 0.486 e. The lowest BCUT2D eigenvalue weighted by Gasteiger charge is -2.28.